The van der Waals surface area contributed by atoms with Crippen LogP contribution in [-0.4, -0.2) is 86.0 Å². The van der Waals surface area contributed by atoms with Crippen LogP contribution in [0.5, 0.6) is 28.7 Å². The number of carboxylic acids is 2. The average molecular weight is 752 g/mol. The van der Waals surface area contributed by atoms with E-state index in [1.54, 1.807) is 45.1 Å². The van der Waals surface area contributed by atoms with Crippen LogP contribution < -0.4 is 23.7 Å². The molecular formula is C42H41NO10S. The van der Waals surface area contributed by atoms with Gasteiger partial charge in [0.1, 0.15) is 17.2 Å². The molecule has 0 amide bonds. The Morgan fingerprint density at radius 2 is 1.37 bits per heavy atom. The molecule has 12 heteroatoms. The van der Waals surface area contributed by atoms with Crippen LogP contribution in [0.3, 0.4) is 0 Å². The van der Waals surface area contributed by atoms with Gasteiger partial charge in [-0.1, -0.05) is 53.7 Å². The van der Waals surface area contributed by atoms with Crippen molar-refractivity contribution in [2.45, 2.75) is 28.4 Å². The molecule has 1 atom stereocenters. The first-order chi connectivity index (χ1) is 26.0. The van der Waals surface area contributed by atoms with Crippen LogP contribution in [0, 0.1) is 0 Å². The number of carbonyl (C=O) groups is 2. The number of likely N-dealkylation sites (tertiary alicyclic amines) is 1. The molecule has 4 aromatic carbocycles. The van der Waals surface area contributed by atoms with Gasteiger partial charge in [0, 0.05) is 63.9 Å². The Morgan fingerprint density at radius 1 is 0.778 bits per heavy atom. The predicted octanol–water partition coefficient (Wildman–Crippen LogP) is 7.12. The Morgan fingerprint density at radius 3 is 1.94 bits per heavy atom. The largest absolute Gasteiger partial charge is 0.497 e. The van der Waals surface area contributed by atoms with Crippen molar-refractivity contribution in [3.05, 3.63) is 119 Å². The van der Waals surface area contributed by atoms with E-state index in [1.165, 1.54) is 52.4 Å². The summed E-state index contributed by atoms with van der Waals surface area (Å²) >= 11 is 1.91. The number of methoxy groups -OCH3 is 3. The zero-order valence-electron chi connectivity index (χ0n) is 30.3. The van der Waals surface area contributed by atoms with Gasteiger partial charge in [-0.25, -0.2) is 9.59 Å². The number of benzene rings is 4. The quantitative estimate of drug-likeness (QED) is 0.157. The number of nitrogens with zero attached hydrogens (tertiary/aromatic N) is 1. The van der Waals surface area contributed by atoms with E-state index >= 15 is 0 Å². The van der Waals surface area contributed by atoms with Crippen molar-refractivity contribution >= 4 is 40.9 Å². The van der Waals surface area contributed by atoms with E-state index in [1.807, 2.05) is 30.0 Å². The standard InChI is InChI=1S/C19H19NS.C19H18O6.C4H4O4/c1-20-12-10-14(11-13-20)19-15-6-2-4-8-17(15)21-18-9-5-3-7-16(18)19;1-21-12-5-4-11-6-14-13-8-17(22-2)18(23-3)9-16(13)24-10-19(14,20)25-15(11)7-12;5-3(6)1-2-4(7)8/h2-9H,10-13H2,1H3;4-9,20H,10H2,1-3H3;1-2H,(H,5,6)(H,7,8). The molecule has 0 bridgehead atoms. The van der Waals surface area contributed by atoms with Crippen molar-refractivity contribution in [2.24, 2.45) is 0 Å². The second-order valence-corrected chi connectivity index (χ2v) is 13.8. The minimum atomic E-state index is -1.58. The summed E-state index contributed by atoms with van der Waals surface area (Å²) in [5.74, 6) is -1.18. The highest BCUT2D eigenvalue weighted by Gasteiger charge is 2.44. The van der Waals surface area contributed by atoms with Gasteiger partial charge in [0.25, 0.3) is 5.79 Å². The summed E-state index contributed by atoms with van der Waals surface area (Å²) in [7, 11) is 6.93. The summed E-state index contributed by atoms with van der Waals surface area (Å²) in [6.07, 6.45) is 5.40. The molecule has 4 aliphatic heterocycles. The number of fused-ring (bicyclic) bond motifs is 6. The van der Waals surface area contributed by atoms with Gasteiger partial charge in [-0.2, -0.15) is 0 Å². The van der Waals surface area contributed by atoms with E-state index in [0.717, 1.165) is 5.56 Å². The fourth-order valence-electron chi connectivity index (χ4n) is 6.57. The molecule has 1 saturated heterocycles. The third-order valence-corrected chi connectivity index (χ3v) is 10.4. The molecule has 54 heavy (non-hydrogen) atoms. The number of hydrogen-bond acceptors (Lipinski definition) is 10. The molecule has 0 radical (unpaired) electrons. The Labute approximate surface area is 317 Å². The minimum Gasteiger partial charge on any atom is -0.497 e. The molecule has 0 spiro atoms. The highest BCUT2D eigenvalue weighted by Crippen LogP contribution is 2.50. The van der Waals surface area contributed by atoms with E-state index in [-0.39, 0.29) is 6.61 Å². The van der Waals surface area contributed by atoms with E-state index in [0.29, 0.717) is 52.0 Å². The maximum absolute atomic E-state index is 11.0. The van der Waals surface area contributed by atoms with Gasteiger partial charge in [-0.15, -0.1) is 0 Å². The fourth-order valence-corrected chi connectivity index (χ4v) is 7.66. The van der Waals surface area contributed by atoms with E-state index in [4.69, 9.17) is 33.9 Å². The molecule has 4 aliphatic rings. The molecule has 0 aliphatic carbocycles. The average Bonchev–Trinajstić information content (AvgIpc) is 3.18. The summed E-state index contributed by atoms with van der Waals surface area (Å²) in [5.41, 5.74) is 8.17. The Kier molecular flexibility index (Phi) is 11.7. The van der Waals surface area contributed by atoms with Crippen LogP contribution in [0.4, 0.5) is 0 Å². The molecule has 4 aromatic rings. The van der Waals surface area contributed by atoms with Gasteiger partial charge < -0.3 is 43.9 Å². The van der Waals surface area contributed by atoms with Gasteiger partial charge in [-0.05, 0) is 73.0 Å². The third kappa shape index (κ3) is 8.26. The van der Waals surface area contributed by atoms with Crippen molar-refractivity contribution in [1.82, 2.24) is 4.90 Å². The number of hydrogen-bond donors (Lipinski definition) is 3. The van der Waals surface area contributed by atoms with Crippen LogP contribution >= 0.6 is 11.8 Å². The maximum atomic E-state index is 11.0. The molecule has 11 nitrogen and oxygen atoms in total. The Bertz CT molecular complexity index is 2090. The summed E-state index contributed by atoms with van der Waals surface area (Å²) in [4.78, 5) is 24.3. The summed E-state index contributed by atoms with van der Waals surface area (Å²) < 4.78 is 27.5. The number of aliphatic hydroxyl groups is 1. The number of ether oxygens (including phenoxy) is 5. The molecule has 0 aromatic heterocycles. The van der Waals surface area contributed by atoms with Gasteiger partial charge >= 0.3 is 11.9 Å². The fraction of sp³-hybridized carbons (Fsp3) is 0.238. The molecule has 4 heterocycles. The third-order valence-electron chi connectivity index (χ3n) is 9.26. The number of aliphatic carboxylic acids is 2. The van der Waals surface area contributed by atoms with Crippen LogP contribution in [-0.2, 0) is 9.59 Å². The SMILES string of the molecule is CN1CCC(=C2c3ccccc3Sc3ccccc32)CC1.COc1ccc2c(c1)OC1(O)COc3cc(OC)c(OC)cc3C1=C2.O=C(O)C=CC(=O)O. The summed E-state index contributed by atoms with van der Waals surface area (Å²) in [6.45, 7) is 2.32. The number of carboxylic acid groups (broad SMARTS) is 2. The van der Waals surface area contributed by atoms with Crippen molar-refractivity contribution in [1.29, 1.82) is 0 Å². The van der Waals surface area contributed by atoms with Crippen LogP contribution in [0.2, 0.25) is 0 Å². The van der Waals surface area contributed by atoms with Gasteiger partial charge in [0.05, 0.1) is 21.3 Å². The highest BCUT2D eigenvalue weighted by molar-refractivity contribution is 7.99. The van der Waals surface area contributed by atoms with Crippen molar-refractivity contribution < 1.29 is 48.6 Å². The lowest BCUT2D eigenvalue weighted by molar-refractivity contribution is -0.134. The topological polar surface area (TPSA) is 144 Å². The molecule has 1 unspecified atom stereocenters. The second kappa shape index (κ2) is 16.5. The minimum absolute atomic E-state index is 0.0298. The molecule has 8 rings (SSSR count). The first-order valence-corrected chi connectivity index (χ1v) is 18.0. The molecule has 3 N–H and O–H groups in total. The molecular weight excluding hydrogens is 711 g/mol. The van der Waals surface area contributed by atoms with E-state index in [2.05, 4.69) is 60.5 Å². The molecule has 0 saturated carbocycles. The lowest BCUT2D eigenvalue weighted by atomic mass is 9.88. The zero-order chi connectivity index (χ0) is 38.4. The Balaban J connectivity index is 0.000000156. The smallest absolute Gasteiger partial charge is 0.328 e. The lowest BCUT2D eigenvalue weighted by Gasteiger charge is -2.39. The molecule has 280 valence electrons. The monoisotopic (exact) mass is 751 g/mol. The zero-order valence-corrected chi connectivity index (χ0v) is 31.1. The van der Waals surface area contributed by atoms with Crippen molar-refractivity contribution in [3.63, 3.8) is 0 Å². The maximum Gasteiger partial charge on any atom is 0.328 e. The van der Waals surface area contributed by atoms with Crippen molar-refractivity contribution in [2.75, 3.05) is 48.1 Å². The summed E-state index contributed by atoms with van der Waals surface area (Å²) in [5, 5.41) is 26.6. The highest BCUT2D eigenvalue weighted by atomic mass is 32.2. The van der Waals surface area contributed by atoms with E-state index < -0.39 is 17.7 Å². The lowest BCUT2D eigenvalue weighted by Crippen LogP contribution is -2.47. The normalized spacial score (nSPS) is 17.8. The number of rotatable bonds is 5. The summed E-state index contributed by atoms with van der Waals surface area (Å²) in [6, 6.07) is 26.7. The van der Waals surface area contributed by atoms with Crippen LogP contribution in [0.1, 0.15) is 35.1 Å². The van der Waals surface area contributed by atoms with Crippen LogP contribution in [0.25, 0.3) is 17.2 Å². The second-order valence-electron chi connectivity index (χ2n) is 12.7. The predicted molar refractivity (Wildman–Crippen MR) is 206 cm³/mol. The first-order valence-electron chi connectivity index (χ1n) is 17.2. The van der Waals surface area contributed by atoms with Gasteiger partial charge in [0.15, 0.2) is 18.1 Å². The van der Waals surface area contributed by atoms with Crippen molar-refractivity contribution in [3.8, 4) is 28.7 Å². The van der Waals surface area contributed by atoms with Gasteiger partial charge in [0.2, 0.25) is 0 Å². The van der Waals surface area contributed by atoms with Gasteiger partial charge in [-0.3, -0.25) is 0 Å². The molecule has 1 fully saturated rings. The van der Waals surface area contributed by atoms with Crippen LogP contribution in [0.15, 0.2) is 106 Å². The van der Waals surface area contributed by atoms with E-state index in [9.17, 15) is 14.7 Å². The first kappa shape index (κ1) is 38.0. The number of piperidine rings is 1. The Hall–Kier alpha value is -5.69.